The Labute approximate surface area is 132 Å². The first-order valence-corrected chi connectivity index (χ1v) is 8.29. The lowest BCUT2D eigenvalue weighted by Crippen LogP contribution is -2.27. The van der Waals surface area contributed by atoms with E-state index in [1.165, 1.54) is 17.5 Å². The number of hydrogen-bond acceptors (Lipinski definition) is 2. The average molecular weight is 308 g/mol. The Morgan fingerprint density at radius 3 is 2.71 bits per heavy atom. The summed E-state index contributed by atoms with van der Waals surface area (Å²) in [5, 5.41) is 0. The SMILES string of the molecule is Cc1cccc2c1nc(CCl)n2CCCCN(C)C(C)C. The number of nitrogens with zero attached hydrogens (tertiary/aromatic N) is 3. The first kappa shape index (κ1) is 16.3. The molecular weight excluding hydrogens is 282 g/mol. The highest BCUT2D eigenvalue weighted by molar-refractivity contribution is 6.16. The molecule has 3 nitrogen and oxygen atoms in total. The fourth-order valence-corrected chi connectivity index (χ4v) is 2.78. The van der Waals surface area contributed by atoms with E-state index in [1.807, 2.05) is 0 Å². The standard InChI is InChI=1S/C17H26ClN3/c1-13(2)20(4)10-5-6-11-21-15-9-7-8-14(3)17(15)19-16(21)12-18/h7-9,13H,5-6,10-12H2,1-4H3. The Morgan fingerprint density at radius 2 is 2.05 bits per heavy atom. The summed E-state index contributed by atoms with van der Waals surface area (Å²) in [6.07, 6.45) is 2.35. The van der Waals surface area contributed by atoms with Crippen LogP contribution in [0.15, 0.2) is 18.2 Å². The van der Waals surface area contributed by atoms with E-state index in [4.69, 9.17) is 16.6 Å². The van der Waals surface area contributed by atoms with Gasteiger partial charge in [0.05, 0.1) is 16.9 Å². The van der Waals surface area contributed by atoms with Crippen LogP contribution in [0, 0.1) is 6.92 Å². The van der Waals surface area contributed by atoms with Crippen molar-refractivity contribution in [3.8, 4) is 0 Å². The molecule has 0 aliphatic rings. The first-order chi connectivity index (χ1) is 10.0. The predicted octanol–water partition coefficient (Wildman–Crippen LogP) is 4.20. The van der Waals surface area contributed by atoms with Crippen molar-refractivity contribution in [1.29, 1.82) is 0 Å². The molecule has 21 heavy (non-hydrogen) atoms. The van der Waals surface area contributed by atoms with Gasteiger partial charge in [-0.2, -0.15) is 0 Å². The topological polar surface area (TPSA) is 21.1 Å². The molecule has 0 amide bonds. The lowest BCUT2D eigenvalue weighted by molar-refractivity contribution is 0.266. The number of imidazole rings is 1. The van der Waals surface area contributed by atoms with Crippen molar-refractivity contribution in [1.82, 2.24) is 14.5 Å². The number of alkyl halides is 1. The predicted molar refractivity (Wildman–Crippen MR) is 91.0 cm³/mol. The number of hydrogen-bond donors (Lipinski definition) is 0. The van der Waals surface area contributed by atoms with Gasteiger partial charge < -0.3 is 9.47 Å². The minimum atomic E-state index is 0.472. The maximum Gasteiger partial charge on any atom is 0.124 e. The number of para-hydroxylation sites is 1. The number of aryl methyl sites for hydroxylation is 2. The summed E-state index contributed by atoms with van der Waals surface area (Å²) in [5.74, 6) is 1.46. The molecule has 0 unspecified atom stereocenters. The number of unbranched alkanes of at least 4 members (excludes halogenated alkanes) is 1. The molecule has 0 N–H and O–H groups in total. The van der Waals surface area contributed by atoms with Crippen molar-refractivity contribution in [3.63, 3.8) is 0 Å². The molecule has 0 aliphatic carbocycles. The Bertz CT molecular complexity index is 589. The highest BCUT2D eigenvalue weighted by atomic mass is 35.5. The molecular formula is C17H26ClN3. The molecule has 116 valence electrons. The van der Waals surface area contributed by atoms with Gasteiger partial charge in [-0.1, -0.05) is 12.1 Å². The van der Waals surface area contributed by atoms with E-state index < -0.39 is 0 Å². The van der Waals surface area contributed by atoms with Crippen LogP contribution in [0.2, 0.25) is 0 Å². The fourth-order valence-electron chi connectivity index (χ4n) is 2.58. The van der Waals surface area contributed by atoms with Gasteiger partial charge in [-0.3, -0.25) is 0 Å². The van der Waals surface area contributed by atoms with Gasteiger partial charge in [0.15, 0.2) is 0 Å². The molecule has 1 aromatic carbocycles. The first-order valence-electron chi connectivity index (χ1n) is 7.75. The van der Waals surface area contributed by atoms with Crippen LogP contribution in [-0.4, -0.2) is 34.1 Å². The Morgan fingerprint density at radius 1 is 1.29 bits per heavy atom. The smallest absolute Gasteiger partial charge is 0.124 e. The van der Waals surface area contributed by atoms with Crippen LogP contribution in [-0.2, 0) is 12.4 Å². The summed E-state index contributed by atoms with van der Waals surface area (Å²) in [6, 6.07) is 6.96. The van der Waals surface area contributed by atoms with Crippen LogP contribution in [0.5, 0.6) is 0 Å². The lowest BCUT2D eigenvalue weighted by Gasteiger charge is -2.20. The third-order valence-corrected chi connectivity index (χ3v) is 4.44. The van der Waals surface area contributed by atoms with Gasteiger partial charge in [-0.05, 0) is 58.8 Å². The summed E-state index contributed by atoms with van der Waals surface area (Å²) >= 11 is 6.07. The molecule has 0 aliphatic heterocycles. The maximum absolute atomic E-state index is 6.07. The van der Waals surface area contributed by atoms with Gasteiger partial charge >= 0.3 is 0 Å². The molecule has 1 aromatic heterocycles. The number of benzene rings is 1. The number of fused-ring (bicyclic) bond motifs is 1. The van der Waals surface area contributed by atoms with Gasteiger partial charge in [0, 0.05) is 12.6 Å². The van der Waals surface area contributed by atoms with Gasteiger partial charge in [-0.15, -0.1) is 11.6 Å². The summed E-state index contributed by atoms with van der Waals surface area (Å²) < 4.78 is 2.28. The van der Waals surface area contributed by atoms with Gasteiger partial charge in [0.1, 0.15) is 5.82 Å². The second-order valence-electron chi connectivity index (χ2n) is 6.04. The summed E-state index contributed by atoms with van der Waals surface area (Å²) in [6.45, 7) is 8.71. The van der Waals surface area contributed by atoms with Crippen LogP contribution in [0.25, 0.3) is 11.0 Å². The lowest BCUT2D eigenvalue weighted by atomic mass is 10.2. The van der Waals surface area contributed by atoms with E-state index in [9.17, 15) is 0 Å². The van der Waals surface area contributed by atoms with E-state index in [-0.39, 0.29) is 0 Å². The minimum Gasteiger partial charge on any atom is -0.327 e. The van der Waals surface area contributed by atoms with E-state index in [0.29, 0.717) is 11.9 Å². The zero-order valence-corrected chi connectivity index (χ0v) is 14.3. The van der Waals surface area contributed by atoms with Crippen LogP contribution >= 0.6 is 11.6 Å². The molecule has 0 saturated carbocycles. The summed E-state index contributed by atoms with van der Waals surface area (Å²) in [5.41, 5.74) is 3.52. The molecule has 0 bridgehead atoms. The normalized spacial score (nSPS) is 12.0. The Balaban J connectivity index is 2.06. The number of rotatable bonds is 7. The van der Waals surface area contributed by atoms with Crippen molar-refractivity contribution in [2.75, 3.05) is 13.6 Å². The number of halogens is 1. The van der Waals surface area contributed by atoms with Crippen molar-refractivity contribution in [2.45, 2.75) is 52.1 Å². The largest absolute Gasteiger partial charge is 0.327 e. The van der Waals surface area contributed by atoms with Crippen molar-refractivity contribution >= 4 is 22.6 Å². The van der Waals surface area contributed by atoms with Crippen LogP contribution in [0.3, 0.4) is 0 Å². The van der Waals surface area contributed by atoms with E-state index in [1.54, 1.807) is 0 Å². The molecule has 2 aromatic rings. The van der Waals surface area contributed by atoms with Crippen LogP contribution < -0.4 is 0 Å². The van der Waals surface area contributed by atoms with Crippen molar-refractivity contribution in [2.24, 2.45) is 0 Å². The Hall–Kier alpha value is -1.06. The van der Waals surface area contributed by atoms with Crippen LogP contribution in [0.1, 0.15) is 38.1 Å². The summed E-state index contributed by atoms with van der Waals surface area (Å²) in [4.78, 5) is 7.08. The second kappa shape index (κ2) is 7.28. The van der Waals surface area contributed by atoms with Crippen molar-refractivity contribution < 1.29 is 0 Å². The molecule has 1 heterocycles. The van der Waals surface area contributed by atoms with Crippen molar-refractivity contribution in [3.05, 3.63) is 29.6 Å². The van der Waals surface area contributed by atoms with Gasteiger partial charge in [0.25, 0.3) is 0 Å². The van der Waals surface area contributed by atoms with E-state index in [0.717, 1.165) is 30.9 Å². The third-order valence-electron chi connectivity index (χ3n) is 4.20. The highest BCUT2D eigenvalue weighted by Crippen LogP contribution is 2.21. The quantitative estimate of drug-likeness (QED) is 0.564. The zero-order valence-electron chi connectivity index (χ0n) is 13.6. The molecule has 0 radical (unpaired) electrons. The third kappa shape index (κ3) is 3.78. The van der Waals surface area contributed by atoms with Gasteiger partial charge in [0.2, 0.25) is 0 Å². The van der Waals surface area contributed by atoms with E-state index >= 15 is 0 Å². The zero-order chi connectivity index (χ0) is 15.4. The average Bonchev–Trinajstić information content (AvgIpc) is 2.82. The van der Waals surface area contributed by atoms with Gasteiger partial charge in [-0.25, -0.2) is 4.98 Å². The monoisotopic (exact) mass is 307 g/mol. The summed E-state index contributed by atoms with van der Waals surface area (Å²) in [7, 11) is 2.19. The maximum atomic E-state index is 6.07. The molecule has 2 rings (SSSR count). The molecule has 0 spiro atoms. The second-order valence-corrected chi connectivity index (χ2v) is 6.30. The van der Waals surface area contributed by atoms with Crippen LogP contribution in [0.4, 0.5) is 0 Å². The fraction of sp³-hybridized carbons (Fsp3) is 0.588. The molecule has 0 atom stereocenters. The highest BCUT2D eigenvalue weighted by Gasteiger charge is 2.11. The van der Waals surface area contributed by atoms with E-state index in [2.05, 4.69) is 55.5 Å². The number of aromatic nitrogens is 2. The molecule has 4 heteroatoms. The Kier molecular flexibility index (Phi) is 5.65. The minimum absolute atomic E-state index is 0.472. The molecule has 0 fully saturated rings. The molecule has 0 saturated heterocycles.